The van der Waals surface area contributed by atoms with E-state index in [-0.39, 0.29) is 5.70 Å². The Bertz CT molecular complexity index is 572. The molecule has 1 aromatic carbocycles. The maximum absolute atomic E-state index is 11.4. The topological polar surface area (TPSA) is 65.0 Å². The monoisotopic (exact) mass is 245 g/mol. The maximum Gasteiger partial charge on any atom is 0.363 e. The summed E-state index contributed by atoms with van der Waals surface area (Å²) in [5, 5.41) is 0. The minimum atomic E-state index is -0.509. The summed E-state index contributed by atoms with van der Waals surface area (Å²) in [6.45, 7) is 2.91. The number of rotatable bonds is 2. The summed E-state index contributed by atoms with van der Waals surface area (Å²) >= 11 is 0. The number of hydrogen-bond acceptors (Lipinski definition) is 5. The van der Waals surface area contributed by atoms with Crippen LogP contribution in [0.1, 0.15) is 19.4 Å². The SMILES string of the molecule is CC(=O)Oc1ccccc1/C=C1\N=C(C)OC1=O. The van der Waals surface area contributed by atoms with Crippen LogP contribution < -0.4 is 4.74 Å². The van der Waals surface area contributed by atoms with Crippen LogP contribution in [0.25, 0.3) is 6.08 Å². The molecule has 0 N–H and O–H groups in total. The van der Waals surface area contributed by atoms with E-state index in [1.54, 1.807) is 31.2 Å². The van der Waals surface area contributed by atoms with Crippen LogP contribution in [0.4, 0.5) is 0 Å². The Balaban J connectivity index is 2.37. The van der Waals surface area contributed by atoms with E-state index in [4.69, 9.17) is 9.47 Å². The molecular formula is C13H11NO4. The Morgan fingerprint density at radius 2 is 2.11 bits per heavy atom. The Morgan fingerprint density at radius 3 is 2.72 bits per heavy atom. The highest BCUT2D eigenvalue weighted by atomic mass is 16.6. The number of aliphatic imine (C=N–C) groups is 1. The largest absolute Gasteiger partial charge is 0.426 e. The van der Waals surface area contributed by atoms with Crippen molar-refractivity contribution in [2.24, 2.45) is 4.99 Å². The minimum absolute atomic E-state index is 0.187. The molecule has 1 aromatic rings. The van der Waals surface area contributed by atoms with Crippen LogP contribution in [0, 0.1) is 0 Å². The van der Waals surface area contributed by atoms with Crippen LogP contribution >= 0.6 is 0 Å². The third-order valence-corrected chi connectivity index (χ3v) is 2.19. The van der Waals surface area contributed by atoms with Gasteiger partial charge in [-0.15, -0.1) is 0 Å². The average molecular weight is 245 g/mol. The zero-order valence-electron chi connectivity index (χ0n) is 9.97. The lowest BCUT2D eigenvalue weighted by Gasteiger charge is -2.04. The molecule has 0 radical (unpaired) electrons. The number of benzene rings is 1. The van der Waals surface area contributed by atoms with Crippen LogP contribution in [0.5, 0.6) is 5.75 Å². The van der Waals surface area contributed by atoms with E-state index in [1.807, 2.05) is 0 Å². The molecule has 92 valence electrons. The molecule has 0 aliphatic carbocycles. The van der Waals surface area contributed by atoms with Gasteiger partial charge in [0.1, 0.15) is 5.75 Å². The second kappa shape index (κ2) is 4.83. The number of cyclic esters (lactones) is 1. The van der Waals surface area contributed by atoms with E-state index in [0.717, 1.165) is 0 Å². The Hall–Kier alpha value is -2.43. The number of carbonyl (C=O) groups excluding carboxylic acids is 2. The van der Waals surface area contributed by atoms with Crippen molar-refractivity contribution >= 4 is 23.9 Å². The van der Waals surface area contributed by atoms with Gasteiger partial charge in [0, 0.05) is 19.4 Å². The molecule has 5 nitrogen and oxygen atoms in total. The van der Waals surface area contributed by atoms with Gasteiger partial charge in [-0.05, 0) is 12.1 Å². The number of nitrogens with zero attached hydrogens (tertiary/aromatic N) is 1. The van der Waals surface area contributed by atoms with Gasteiger partial charge in [-0.2, -0.15) is 0 Å². The lowest BCUT2D eigenvalue weighted by Crippen LogP contribution is -2.03. The molecule has 1 heterocycles. The summed E-state index contributed by atoms with van der Waals surface area (Å²) in [5.41, 5.74) is 0.783. The van der Waals surface area contributed by atoms with Gasteiger partial charge in [-0.25, -0.2) is 9.79 Å². The van der Waals surface area contributed by atoms with Crippen LogP contribution in [0.2, 0.25) is 0 Å². The van der Waals surface area contributed by atoms with Gasteiger partial charge in [0.15, 0.2) is 11.6 Å². The van der Waals surface area contributed by atoms with Gasteiger partial charge >= 0.3 is 11.9 Å². The second-order valence-corrected chi connectivity index (χ2v) is 3.68. The normalized spacial score (nSPS) is 16.4. The molecule has 2 rings (SSSR count). The zero-order chi connectivity index (χ0) is 13.1. The highest BCUT2D eigenvalue weighted by Gasteiger charge is 2.20. The summed E-state index contributed by atoms with van der Waals surface area (Å²) in [4.78, 5) is 26.3. The molecular weight excluding hydrogens is 234 g/mol. The molecule has 0 spiro atoms. The Labute approximate surface area is 104 Å². The number of hydrogen-bond donors (Lipinski definition) is 0. The standard InChI is InChI=1S/C13H11NO4/c1-8-14-11(13(16)17-8)7-10-5-3-4-6-12(10)18-9(2)15/h3-7H,1-2H3/b11-7-. The first-order valence-corrected chi connectivity index (χ1v) is 5.33. The number of carbonyl (C=O) groups is 2. The van der Waals surface area contributed by atoms with E-state index in [1.165, 1.54) is 13.0 Å². The van der Waals surface area contributed by atoms with Crippen molar-refractivity contribution in [1.29, 1.82) is 0 Å². The Morgan fingerprint density at radius 1 is 1.39 bits per heavy atom. The highest BCUT2D eigenvalue weighted by molar-refractivity contribution is 6.06. The smallest absolute Gasteiger partial charge is 0.363 e. The van der Waals surface area contributed by atoms with Crippen molar-refractivity contribution in [3.05, 3.63) is 35.5 Å². The number of para-hydroxylation sites is 1. The molecule has 0 fully saturated rings. The molecule has 1 aliphatic rings. The second-order valence-electron chi connectivity index (χ2n) is 3.68. The van der Waals surface area contributed by atoms with Crippen molar-refractivity contribution in [3.8, 4) is 5.75 Å². The van der Waals surface area contributed by atoms with E-state index in [0.29, 0.717) is 17.2 Å². The third kappa shape index (κ3) is 2.63. The van der Waals surface area contributed by atoms with Crippen molar-refractivity contribution in [2.45, 2.75) is 13.8 Å². The van der Waals surface area contributed by atoms with Crippen LogP contribution in [-0.2, 0) is 14.3 Å². The lowest BCUT2D eigenvalue weighted by atomic mass is 10.1. The fraction of sp³-hybridized carbons (Fsp3) is 0.154. The quantitative estimate of drug-likeness (QED) is 0.453. The first-order chi connectivity index (χ1) is 8.56. The zero-order valence-corrected chi connectivity index (χ0v) is 9.97. The molecule has 0 saturated carbocycles. The summed E-state index contributed by atoms with van der Waals surface area (Å²) < 4.78 is 9.84. The Kier molecular flexibility index (Phi) is 3.23. The molecule has 18 heavy (non-hydrogen) atoms. The third-order valence-electron chi connectivity index (χ3n) is 2.19. The van der Waals surface area contributed by atoms with Gasteiger partial charge in [-0.1, -0.05) is 18.2 Å². The summed E-state index contributed by atoms with van der Waals surface area (Å²) in [6.07, 6.45) is 1.52. The molecule has 0 atom stereocenters. The summed E-state index contributed by atoms with van der Waals surface area (Å²) in [5.74, 6) is -0.249. The fourth-order valence-corrected chi connectivity index (χ4v) is 1.51. The van der Waals surface area contributed by atoms with E-state index in [2.05, 4.69) is 4.99 Å². The molecule has 0 unspecified atom stereocenters. The highest BCUT2D eigenvalue weighted by Crippen LogP contribution is 2.23. The van der Waals surface area contributed by atoms with Crippen LogP contribution in [-0.4, -0.2) is 17.8 Å². The number of ether oxygens (including phenoxy) is 2. The minimum Gasteiger partial charge on any atom is -0.426 e. The van der Waals surface area contributed by atoms with Crippen LogP contribution in [0.15, 0.2) is 35.0 Å². The van der Waals surface area contributed by atoms with Crippen molar-refractivity contribution in [3.63, 3.8) is 0 Å². The number of esters is 2. The van der Waals surface area contributed by atoms with Gasteiger partial charge < -0.3 is 9.47 Å². The molecule has 0 amide bonds. The van der Waals surface area contributed by atoms with E-state index >= 15 is 0 Å². The lowest BCUT2D eigenvalue weighted by molar-refractivity contribution is -0.132. The molecule has 5 heteroatoms. The fourth-order valence-electron chi connectivity index (χ4n) is 1.51. The van der Waals surface area contributed by atoms with Crippen molar-refractivity contribution in [1.82, 2.24) is 0 Å². The first kappa shape index (κ1) is 12.0. The van der Waals surface area contributed by atoms with Crippen LogP contribution in [0.3, 0.4) is 0 Å². The van der Waals surface area contributed by atoms with Gasteiger partial charge in [-0.3, -0.25) is 4.79 Å². The van der Waals surface area contributed by atoms with E-state index < -0.39 is 11.9 Å². The van der Waals surface area contributed by atoms with Gasteiger partial charge in [0.25, 0.3) is 0 Å². The molecule has 0 aromatic heterocycles. The average Bonchev–Trinajstić information content (AvgIpc) is 2.59. The van der Waals surface area contributed by atoms with Crippen molar-refractivity contribution < 1.29 is 19.1 Å². The predicted octanol–water partition coefficient (Wildman–Crippen LogP) is 1.93. The molecule has 0 bridgehead atoms. The molecule has 0 saturated heterocycles. The predicted molar refractivity (Wildman–Crippen MR) is 64.9 cm³/mol. The summed E-state index contributed by atoms with van der Waals surface area (Å²) in [7, 11) is 0. The van der Waals surface area contributed by atoms with E-state index in [9.17, 15) is 9.59 Å². The summed E-state index contributed by atoms with van der Waals surface area (Å²) in [6, 6.07) is 6.88. The maximum atomic E-state index is 11.4. The molecule has 1 aliphatic heterocycles. The first-order valence-electron chi connectivity index (χ1n) is 5.33. The van der Waals surface area contributed by atoms with Gasteiger partial charge in [0.2, 0.25) is 0 Å². The van der Waals surface area contributed by atoms with Crippen molar-refractivity contribution in [2.75, 3.05) is 0 Å². The van der Waals surface area contributed by atoms with Gasteiger partial charge in [0.05, 0.1) is 0 Å².